The van der Waals surface area contributed by atoms with Crippen molar-refractivity contribution in [3.05, 3.63) is 90.1 Å². The fourth-order valence-corrected chi connectivity index (χ4v) is 2.71. The van der Waals surface area contributed by atoms with Crippen LogP contribution in [0.2, 0.25) is 0 Å². The van der Waals surface area contributed by atoms with Gasteiger partial charge < -0.3 is 0 Å². The zero-order valence-corrected chi connectivity index (χ0v) is 15.9. The maximum Gasteiger partial charge on any atom is 0.164 e. The first kappa shape index (κ1) is 17.9. The first-order valence-corrected chi connectivity index (χ1v) is 8.89. The number of nitrogens with zero attached hydrogens (tertiary/aromatic N) is 4. The monoisotopic (exact) mass is 404 g/mol. The van der Waals surface area contributed by atoms with Gasteiger partial charge in [-0.15, -0.1) is 0 Å². The van der Waals surface area contributed by atoms with Crippen LogP contribution in [0, 0.1) is 0 Å². The number of aromatic nitrogens is 4. The molecule has 0 bridgehead atoms. The summed E-state index contributed by atoms with van der Waals surface area (Å²) in [6, 6.07) is 11.9. The van der Waals surface area contributed by atoms with Gasteiger partial charge in [0.1, 0.15) is 4.60 Å². The molecule has 0 aliphatic heterocycles. The zero-order valence-electron chi connectivity index (χ0n) is 14.3. The van der Waals surface area contributed by atoms with Gasteiger partial charge in [0.2, 0.25) is 0 Å². The number of hydrogen-bond donors (Lipinski definition) is 0. The number of rotatable bonds is 5. The first-order chi connectivity index (χ1) is 12.7. The number of hydrogen-bond acceptors (Lipinski definition) is 4. The van der Waals surface area contributed by atoms with Crippen LogP contribution in [0.1, 0.15) is 12.7 Å². The van der Waals surface area contributed by atoms with Crippen LogP contribution in [0.5, 0.6) is 0 Å². The molecule has 0 amide bonds. The highest BCUT2D eigenvalue weighted by molar-refractivity contribution is 9.10. The number of allylic oxidation sites excluding steroid dienone is 5. The minimum absolute atomic E-state index is 0.572. The Morgan fingerprint density at radius 2 is 1.77 bits per heavy atom. The van der Waals surface area contributed by atoms with E-state index in [2.05, 4.69) is 42.4 Å². The molecule has 3 aromatic rings. The smallest absolute Gasteiger partial charge is 0.164 e. The summed E-state index contributed by atoms with van der Waals surface area (Å²) >= 11 is 3.46. The van der Waals surface area contributed by atoms with Crippen molar-refractivity contribution in [2.75, 3.05) is 0 Å². The van der Waals surface area contributed by atoms with E-state index < -0.39 is 0 Å². The van der Waals surface area contributed by atoms with E-state index in [4.69, 9.17) is 0 Å². The van der Waals surface area contributed by atoms with Crippen molar-refractivity contribution in [1.82, 2.24) is 19.9 Å². The van der Waals surface area contributed by atoms with Crippen molar-refractivity contribution in [3.63, 3.8) is 0 Å². The maximum atomic E-state index is 4.65. The van der Waals surface area contributed by atoms with Gasteiger partial charge in [-0.05, 0) is 28.9 Å². The number of halogens is 1. The van der Waals surface area contributed by atoms with Gasteiger partial charge in [-0.2, -0.15) is 0 Å². The normalized spacial score (nSPS) is 11.7. The lowest BCUT2D eigenvalue weighted by Gasteiger charge is -2.06. The molecule has 128 valence electrons. The van der Waals surface area contributed by atoms with Crippen LogP contribution < -0.4 is 0 Å². The molecule has 0 fully saturated rings. The summed E-state index contributed by atoms with van der Waals surface area (Å²) in [4.78, 5) is 18.0. The van der Waals surface area contributed by atoms with Gasteiger partial charge in [-0.3, -0.25) is 0 Å². The van der Waals surface area contributed by atoms with Gasteiger partial charge in [-0.1, -0.05) is 61.2 Å². The van der Waals surface area contributed by atoms with Crippen LogP contribution in [-0.4, -0.2) is 19.9 Å². The van der Waals surface area contributed by atoms with Crippen molar-refractivity contribution in [2.45, 2.75) is 6.92 Å². The summed E-state index contributed by atoms with van der Waals surface area (Å²) in [5.41, 5.74) is 3.47. The molecule has 5 heteroatoms. The third kappa shape index (κ3) is 4.18. The van der Waals surface area contributed by atoms with E-state index in [1.54, 1.807) is 18.5 Å². The molecular weight excluding hydrogens is 388 g/mol. The van der Waals surface area contributed by atoms with Crippen molar-refractivity contribution >= 4 is 21.5 Å². The van der Waals surface area contributed by atoms with Gasteiger partial charge >= 0.3 is 0 Å². The molecule has 0 N–H and O–H groups in total. The Kier molecular flexibility index (Phi) is 5.81. The van der Waals surface area contributed by atoms with Crippen LogP contribution in [0.4, 0.5) is 0 Å². The fourth-order valence-electron chi connectivity index (χ4n) is 2.33. The average Bonchev–Trinajstić information content (AvgIpc) is 2.69. The predicted molar refractivity (Wildman–Crippen MR) is 109 cm³/mol. The Hall–Kier alpha value is -2.92. The second kappa shape index (κ2) is 8.45. The second-order valence-electron chi connectivity index (χ2n) is 5.41. The molecule has 0 saturated heterocycles. The van der Waals surface area contributed by atoms with E-state index in [0.717, 1.165) is 22.4 Å². The summed E-state index contributed by atoms with van der Waals surface area (Å²) in [5, 5.41) is 0. The lowest BCUT2D eigenvalue weighted by atomic mass is 10.1. The Bertz CT molecular complexity index is 961. The first-order valence-electron chi connectivity index (χ1n) is 8.09. The summed E-state index contributed by atoms with van der Waals surface area (Å²) in [6.45, 7) is 5.77. The van der Waals surface area contributed by atoms with Crippen LogP contribution in [-0.2, 0) is 0 Å². The molecule has 0 unspecified atom stereocenters. The topological polar surface area (TPSA) is 51.6 Å². The maximum absolute atomic E-state index is 4.65. The molecule has 2 aromatic heterocycles. The molecule has 3 rings (SSSR count). The molecule has 0 radical (unpaired) electrons. The predicted octanol–water partition coefficient (Wildman–Crippen LogP) is 5.51. The molecule has 4 nitrogen and oxygen atoms in total. The zero-order chi connectivity index (χ0) is 18.4. The van der Waals surface area contributed by atoms with Crippen molar-refractivity contribution in [2.24, 2.45) is 0 Å². The molecule has 0 aliphatic rings. The largest absolute Gasteiger partial charge is 0.236 e. The fraction of sp³-hybridized carbons (Fsp3) is 0.0476. The minimum Gasteiger partial charge on any atom is -0.236 e. The average molecular weight is 405 g/mol. The van der Waals surface area contributed by atoms with E-state index in [9.17, 15) is 0 Å². The number of benzene rings is 1. The molecule has 0 aliphatic carbocycles. The van der Waals surface area contributed by atoms with Crippen LogP contribution >= 0.6 is 15.9 Å². The Morgan fingerprint density at radius 1 is 1.04 bits per heavy atom. The van der Waals surface area contributed by atoms with E-state index >= 15 is 0 Å². The van der Waals surface area contributed by atoms with Gasteiger partial charge in [0.15, 0.2) is 11.6 Å². The summed E-state index contributed by atoms with van der Waals surface area (Å²) in [7, 11) is 0. The van der Waals surface area contributed by atoms with Gasteiger partial charge in [0.25, 0.3) is 0 Å². The lowest BCUT2D eigenvalue weighted by Crippen LogP contribution is -1.97. The summed E-state index contributed by atoms with van der Waals surface area (Å²) in [6.07, 6.45) is 11.0. The van der Waals surface area contributed by atoms with Crippen LogP contribution in [0.15, 0.2) is 84.3 Å². The highest BCUT2D eigenvalue weighted by Crippen LogP contribution is 2.24. The second-order valence-corrected chi connectivity index (χ2v) is 6.23. The van der Waals surface area contributed by atoms with E-state index in [1.807, 2.05) is 61.5 Å². The molecule has 1 aromatic carbocycles. The lowest BCUT2D eigenvalue weighted by molar-refractivity contribution is 1.09. The summed E-state index contributed by atoms with van der Waals surface area (Å²) in [5.74, 6) is 1.18. The van der Waals surface area contributed by atoms with Crippen LogP contribution in [0.25, 0.3) is 28.2 Å². The molecule has 26 heavy (non-hydrogen) atoms. The van der Waals surface area contributed by atoms with Gasteiger partial charge in [0, 0.05) is 23.5 Å². The third-order valence-corrected chi connectivity index (χ3v) is 4.03. The van der Waals surface area contributed by atoms with Crippen LogP contribution in [0.3, 0.4) is 0 Å². The Balaban J connectivity index is 1.97. The quantitative estimate of drug-likeness (QED) is 0.415. The minimum atomic E-state index is 0.572. The third-order valence-electron chi connectivity index (χ3n) is 3.62. The highest BCUT2D eigenvalue weighted by atomic mass is 79.9. The van der Waals surface area contributed by atoms with E-state index in [-0.39, 0.29) is 0 Å². The molecular formula is C21H17BrN4. The Labute approximate surface area is 161 Å². The van der Waals surface area contributed by atoms with Crippen molar-refractivity contribution in [3.8, 4) is 22.6 Å². The van der Waals surface area contributed by atoms with Gasteiger partial charge in [0.05, 0.1) is 11.3 Å². The van der Waals surface area contributed by atoms with Crippen molar-refractivity contribution in [1.29, 1.82) is 0 Å². The van der Waals surface area contributed by atoms with Gasteiger partial charge in [-0.25, -0.2) is 19.9 Å². The Morgan fingerprint density at radius 3 is 2.42 bits per heavy atom. The van der Waals surface area contributed by atoms with E-state index in [1.165, 1.54) is 0 Å². The summed E-state index contributed by atoms with van der Waals surface area (Å²) < 4.78 is 0.713. The standard InChI is InChI=1S/C21H17BrN4/c1-3-5-9-15(4-2)20-23-13-17(14-24-20)21-25-18(12-19(22)26-21)16-10-7-6-8-11-16/h3-14H,2H2,1H3/b5-3-,15-9+. The van der Waals surface area contributed by atoms with E-state index in [0.29, 0.717) is 16.3 Å². The molecule has 0 saturated carbocycles. The molecule has 0 spiro atoms. The highest BCUT2D eigenvalue weighted by Gasteiger charge is 2.09. The molecule has 2 heterocycles. The molecule has 0 atom stereocenters. The SMILES string of the molecule is C=C/C(=C\C=C/C)c1ncc(-c2nc(Br)cc(-c3ccccc3)n2)cn1. The van der Waals surface area contributed by atoms with Crippen molar-refractivity contribution < 1.29 is 0 Å².